The number of primary amides is 1. The molecular weight excluding hydrogens is 421 g/mol. The van der Waals surface area contributed by atoms with E-state index >= 15 is 0 Å². The van der Waals surface area contributed by atoms with E-state index in [0.29, 0.717) is 23.6 Å². The van der Waals surface area contributed by atoms with Gasteiger partial charge >= 0.3 is 0 Å². The fourth-order valence-corrected chi connectivity index (χ4v) is 4.96. The highest BCUT2D eigenvalue weighted by Gasteiger charge is 2.30. The van der Waals surface area contributed by atoms with Crippen molar-refractivity contribution < 1.29 is 14.0 Å². The number of halogens is 1. The maximum absolute atomic E-state index is 14.4. The topological polar surface area (TPSA) is 93.2 Å². The standard InChI is InChI=1S/C25H26FN5O2/c26-18-9-2-4-11-21(18)31-20-12-5-8-17(20)23(29-31)25(33)28-19-10-3-1-7-16(19)15-30-14-6-13-22(30)24(27)32/h1-4,7,9-11,22H,5-6,8,12-15H2,(H2,27,32)(H,28,33). The average Bonchev–Trinajstić information content (AvgIpc) is 3.52. The van der Waals surface area contributed by atoms with Crippen molar-refractivity contribution in [2.24, 2.45) is 5.73 Å². The molecule has 170 valence electrons. The molecule has 0 radical (unpaired) electrons. The van der Waals surface area contributed by atoms with Crippen LogP contribution in [0.15, 0.2) is 48.5 Å². The first-order valence-electron chi connectivity index (χ1n) is 11.3. The molecule has 33 heavy (non-hydrogen) atoms. The molecule has 5 rings (SSSR count). The number of hydrogen-bond acceptors (Lipinski definition) is 4. The first-order valence-corrected chi connectivity index (χ1v) is 11.3. The summed E-state index contributed by atoms with van der Waals surface area (Å²) in [5, 5.41) is 7.52. The van der Waals surface area contributed by atoms with Gasteiger partial charge in [0, 0.05) is 23.5 Å². The van der Waals surface area contributed by atoms with E-state index in [1.54, 1.807) is 22.9 Å². The zero-order valence-corrected chi connectivity index (χ0v) is 18.3. The minimum atomic E-state index is -0.373. The molecule has 3 aromatic rings. The Hall–Kier alpha value is -3.52. The van der Waals surface area contributed by atoms with E-state index in [4.69, 9.17) is 5.73 Å². The third kappa shape index (κ3) is 4.02. The fraction of sp³-hybridized carbons (Fsp3) is 0.320. The number of rotatable bonds is 6. The summed E-state index contributed by atoms with van der Waals surface area (Å²) >= 11 is 0. The summed E-state index contributed by atoms with van der Waals surface area (Å²) in [6.45, 7) is 1.31. The van der Waals surface area contributed by atoms with Gasteiger partial charge in [-0.15, -0.1) is 0 Å². The van der Waals surface area contributed by atoms with Crippen LogP contribution in [0.5, 0.6) is 0 Å². The van der Waals surface area contributed by atoms with Crippen molar-refractivity contribution in [3.8, 4) is 5.69 Å². The van der Waals surface area contributed by atoms with Crippen molar-refractivity contribution in [2.75, 3.05) is 11.9 Å². The smallest absolute Gasteiger partial charge is 0.276 e. The summed E-state index contributed by atoms with van der Waals surface area (Å²) in [6, 6.07) is 13.7. The monoisotopic (exact) mass is 447 g/mol. The second-order valence-electron chi connectivity index (χ2n) is 8.63. The van der Waals surface area contributed by atoms with Gasteiger partial charge in [0.25, 0.3) is 5.91 Å². The van der Waals surface area contributed by atoms with Crippen LogP contribution in [0.3, 0.4) is 0 Å². The number of benzene rings is 2. The molecular formula is C25H26FN5O2. The molecule has 3 N–H and O–H groups in total. The minimum Gasteiger partial charge on any atom is -0.368 e. The van der Waals surface area contributed by atoms with Gasteiger partial charge in [-0.3, -0.25) is 14.5 Å². The van der Waals surface area contributed by atoms with Crippen LogP contribution in [-0.2, 0) is 24.2 Å². The van der Waals surface area contributed by atoms with E-state index in [0.717, 1.165) is 55.5 Å². The molecule has 1 aliphatic heterocycles. The predicted molar refractivity (Wildman–Crippen MR) is 123 cm³/mol. The van der Waals surface area contributed by atoms with Gasteiger partial charge in [0.05, 0.1) is 6.04 Å². The summed E-state index contributed by atoms with van der Waals surface area (Å²) in [5.74, 6) is -1.01. The van der Waals surface area contributed by atoms with Crippen molar-refractivity contribution in [2.45, 2.75) is 44.7 Å². The highest BCUT2D eigenvalue weighted by Crippen LogP contribution is 2.30. The van der Waals surface area contributed by atoms with Gasteiger partial charge in [-0.05, 0) is 62.4 Å². The number of likely N-dealkylation sites (tertiary alicyclic amines) is 1. The maximum Gasteiger partial charge on any atom is 0.276 e. The van der Waals surface area contributed by atoms with Crippen LogP contribution in [0.4, 0.5) is 10.1 Å². The predicted octanol–water partition coefficient (Wildman–Crippen LogP) is 3.20. The highest BCUT2D eigenvalue weighted by atomic mass is 19.1. The number of nitrogens with two attached hydrogens (primary N) is 1. The molecule has 1 saturated heterocycles. The molecule has 0 spiro atoms. The summed E-state index contributed by atoms with van der Waals surface area (Å²) in [7, 11) is 0. The molecule has 0 bridgehead atoms. The van der Waals surface area contributed by atoms with Gasteiger partial charge in [-0.1, -0.05) is 30.3 Å². The number of anilines is 1. The lowest BCUT2D eigenvalue weighted by molar-refractivity contribution is -0.122. The zero-order valence-electron chi connectivity index (χ0n) is 18.3. The lowest BCUT2D eigenvalue weighted by Gasteiger charge is -2.23. The van der Waals surface area contributed by atoms with E-state index < -0.39 is 0 Å². The molecule has 1 atom stereocenters. The van der Waals surface area contributed by atoms with Crippen LogP contribution in [0.2, 0.25) is 0 Å². The summed E-state index contributed by atoms with van der Waals surface area (Å²) in [5.41, 5.74) is 9.58. The largest absolute Gasteiger partial charge is 0.368 e. The number of nitrogens with one attached hydrogen (secondary N) is 1. The van der Waals surface area contributed by atoms with Crippen LogP contribution in [0.1, 0.15) is 46.6 Å². The molecule has 1 unspecified atom stereocenters. The van der Waals surface area contributed by atoms with E-state index in [1.165, 1.54) is 6.07 Å². The van der Waals surface area contributed by atoms with E-state index in [-0.39, 0.29) is 23.7 Å². The maximum atomic E-state index is 14.4. The second kappa shape index (κ2) is 8.78. The molecule has 2 amide bonds. The van der Waals surface area contributed by atoms with Crippen LogP contribution in [-0.4, -0.2) is 39.1 Å². The van der Waals surface area contributed by atoms with Crippen molar-refractivity contribution in [1.82, 2.24) is 14.7 Å². The molecule has 2 aliphatic rings. The molecule has 0 saturated carbocycles. The Morgan fingerprint density at radius 2 is 1.88 bits per heavy atom. The summed E-state index contributed by atoms with van der Waals surface area (Å²) in [4.78, 5) is 27.1. The van der Waals surface area contributed by atoms with Gasteiger partial charge in [0.1, 0.15) is 11.5 Å². The molecule has 1 aromatic heterocycles. The van der Waals surface area contributed by atoms with Gasteiger partial charge in [0.15, 0.2) is 5.69 Å². The molecule has 1 fully saturated rings. The number of nitrogens with zero attached hydrogens (tertiary/aromatic N) is 3. The Bertz CT molecular complexity index is 1220. The van der Waals surface area contributed by atoms with Crippen LogP contribution in [0, 0.1) is 5.82 Å². The van der Waals surface area contributed by atoms with Gasteiger partial charge < -0.3 is 11.1 Å². The first-order chi connectivity index (χ1) is 16.0. The molecule has 1 aliphatic carbocycles. The number of carbonyl (C=O) groups is 2. The molecule has 2 heterocycles. The van der Waals surface area contributed by atoms with Crippen LogP contribution < -0.4 is 11.1 Å². The molecule has 7 nitrogen and oxygen atoms in total. The van der Waals surface area contributed by atoms with Gasteiger partial charge in [-0.2, -0.15) is 5.10 Å². The summed E-state index contributed by atoms with van der Waals surface area (Å²) in [6.07, 6.45) is 4.07. The minimum absolute atomic E-state index is 0.284. The normalized spacial score (nSPS) is 17.8. The average molecular weight is 448 g/mol. The van der Waals surface area contributed by atoms with Gasteiger partial charge in [0.2, 0.25) is 5.91 Å². The van der Waals surface area contributed by atoms with E-state index in [9.17, 15) is 14.0 Å². The molecule has 2 aromatic carbocycles. The first kappa shape index (κ1) is 21.3. The fourth-order valence-electron chi connectivity index (χ4n) is 4.96. The Kier molecular flexibility index (Phi) is 5.68. The molecule has 8 heteroatoms. The third-order valence-electron chi connectivity index (χ3n) is 6.56. The van der Waals surface area contributed by atoms with E-state index in [1.807, 2.05) is 24.3 Å². The number of fused-ring (bicyclic) bond motifs is 1. The van der Waals surface area contributed by atoms with Gasteiger partial charge in [-0.25, -0.2) is 9.07 Å². The number of para-hydroxylation sites is 2. The Labute approximate surface area is 191 Å². The number of carbonyl (C=O) groups excluding carboxylic acids is 2. The van der Waals surface area contributed by atoms with Crippen LogP contribution in [0.25, 0.3) is 5.69 Å². The Morgan fingerprint density at radius 1 is 1.09 bits per heavy atom. The quantitative estimate of drug-likeness (QED) is 0.607. The number of amides is 2. The number of aromatic nitrogens is 2. The SMILES string of the molecule is NC(=O)C1CCCN1Cc1ccccc1NC(=O)c1nn(-c2ccccc2F)c2c1CCC2. The lowest BCUT2D eigenvalue weighted by Crippen LogP contribution is -2.39. The van der Waals surface area contributed by atoms with Crippen LogP contribution >= 0.6 is 0 Å². The van der Waals surface area contributed by atoms with Crippen molar-refractivity contribution in [3.05, 3.63) is 76.9 Å². The summed E-state index contributed by atoms with van der Waals surface area (Å²) < 4.78 is 16.0. The van der Waals surface area contributed by atoms with Crippen molar-refractivity contribution in [1.29, 1.82) is 0 Å². The zero-order chi connectivity index (χ0) is 22.9. The second-order valence-corrected chi connectivity index (χ2v) is 8.63. The highest BCUT2D eigenvalue weighted by molar-refractivity contribution is 6.04. The van der Waals surface area contributed by atoms with E-state index in [2.05, 4.69) is 15.3 Å². The lowest BCUT2D eigenvalue weighted by atomic mass is 10.1. The third-order valence-corrected chi connectivity index (χ3v) is 6.56. The Balaban J connectivity index is 1.42. The Morgan fingerprint density at radius 3 is 2.70 bits per heavy atom. The van der Waals surface area contributed by atoms with Crippen molar-refractivity contribution in [3.63, 3.8) is 0 Å². The number of hydrogen-bond donors (Lipinski definition) is 2. The van der Waals surface area contributed by atoms with Crippen molar-refractivity contribution >= 4 is 17.5 Å².